The number of hydrogen-bond donors (Lipinski definition) is 2. The maximum Gasteiger partial charge on any atom is 0.260 e. The molecule has 0 radical (unpaired) electrons. The van der Waals surface area contributed by atoms with E-state index in [1.54, 1.807) is 11.9 Å². The molecule has 7 rings (SSSR count). The molecule has 3 fully saturated rings. The second-order valence-electron chi connectivity index (χ2n) is 8.37. The zero-order valence-electron chi connectivity index (χ0n) is 15.7. The van der Waals surface area contributed by atoms with Crippen molar-refractivity contribution in [2.45, 2.75) is 28.2 Å². The van der Waals surface area contributed by atoms with Crippen molar-refractivity contribution in [3.63, 3.8) is 0 Å². The second kappa shape index (κ2) is 4.79. The molecule has 2 aromatic carbocycles. The highest BCUT2D eigenvalue weighted by Gasteiger charge is 2.77. The zero-order valence-corrected chi connectivity index (χ0v) is 16.5. The van der Waals surface area contributed by atoms with Crippen LogP contribution in [-0.4, -0.2) is 50.1 Å². The fourth-order valence-corrected chi connectivity index (χ4v) is 7.71. The molecule has 4 atom stereocenters. The maximum atomic E-state index is 13.3. The molecule has 5 heterocycles. The highest BCUT2D eigenvalue weighted by atomic mass is 32.2. The van der Waals surface area contributed by atoms with E-state index in [0.29, 0.717) is 6.42 Å². The molecule has 1 spiro atoms. The van der Waals surface area contributed by atoms with Gasteiger partial charge in [0.1, 0.15) is 6.17 Å². The lowest BCUT2D eigenvalue weighted by Crippen LogP contribution is -2.60. The Morgan fingerprint density at radius 3 is 2.76 bits per heavy atom. The summed E-state index contributed by atoms with van der Waals surface area (Å²) >= 11 is 1.51. The molecule has 0 saturated carbocycles. The minimum Gasteiger partial charge on any atom is -0.364 e. The second-order valence-corrected chi connectivity index (χ2v) is 9.73. The SMILES string of the molecule is CN1C(=O)[C@@]23C[C@]4(c5c[nH]c6ccccc56)c5ccccc5N[C@@H]4N2C(=O)[C@@H]1S3. The van der Waals surface area contributed by atoms with Crippen LogP contribution in [0.2, 0.25) is 0 Å². The number of amides is 2. The molecule has 0 unspecified atom stereocenters. The number of piperazine rings is 1. The van der Waals surface area contributed by atoms with Gasteiger partial charge in [-0.25, -0.2) is 0 Å². The number of hydrogen-bond acceptors (Lipinski definition) is 4. The number of aromatic amines is 1. The summed E-state index contributed by atoms with van der Waals surface area (Å²) in [6.45, 7) is 0. The number of thioether (sulfide) groups is 1. The van der Waals surface area contributed by atoms with Crippen LogP contribution in [0.1, 0.15) is 17.5 Å². The van der Waals surface area contributed by atoms with Gasteiger partial charge in [0, 0.05) is 36.3 Å². The summed E-state index contributed by atoms with van der Waals surface area (Å²) in [6.07, 6.45) is 2.37. The van der Waals surface area contributed by atoms with Crippen molar-refractivity contribution in [1.82, 2.24) is 14.8 Å². The van der Waals surface area contributed by atoms with Gasteiger partial charge in [-0.15, -0.1) is 0 Å². The molecule has 1 aromatic heterocycles. The lowest BCUT2D eigenvalue weighted by Gasteiger charge is -2.36. The van der Waals surface area contributed by atoms with Crippen molar-refractivity contribution in [2.75, 3.05) is 12.4 Å². The Hall–Kier alpha value is -2.93. The number of H-pyrrole nitrogens is 1. The van der Waals surface area contributed by atoms with Gasteiger partial charge in [0.25, 0.3) is 11.8 Å². The third kappa shape index (κ3) is 1.54. The molecule has 6 nitrogen and oxygen atoms in total. The van der Waals surface area contributed by atoms with E-state index in [2.05, 4.69) is 40.8 Å². The third-order valence-electron chi connectivity index (χ3n) is 7.16. The summed E-state index contributed by atoms with van der Waals surface area (Å²) in [4.78, 5) is 32.7. The molecular formula is C22H18N4O2S. The number of anilines is 1. The van der Waals surface area contributed by atoms with Gasteiger partial charge in [0.2, 0.25) is 0 Å². The Balaban J connectivity index is 1.55. The van der Waals surface area contributed by atoms with Crippen LogP contribution < -0.4 is 5.32 Å². The summed E-state index contributed by atoms with van der Waals surface area (Å²) in [5.74, 6) is 0.0733. The Kier molecular flexibility index (Phi) is 2.63. The quantitative estimate of drug-likeness (QED) is 0.657. The molecule has 7 heteroatoms. The number of nitrogens with zero attached hydrogens (tertiary/aromatic N) is 2. The van der Waals surface area contributed by atoms with Crippen LogP contribution in [-0.2, 0) is 15.0 Å². The molecule has 3 saturated heterocycles. The van der Waals surface area contributed by atoms with Crippen LogP contribution in [0.25, 0.3) is 10.9 Å². The predicted molar refractivity (Wildman–Crippen MR) is 111 cm³/mol. The normalized spacial score (nSPS) is 34.0. The monoisotopic (exact) mass is 402 g/mol. The zero-order chi connectivity index (χ0) is 19.5. The lowest BCUT2D eigenvalue weighted by atomic mass is 9.72. The number of fused-ring (bicyclic) bond motifs is 6. The first-order valence-corrected chi connectivity index (χ1v) is 10.7. The Morgan fingerprint density at radius 1 is 1.07 bits per heavy atom. The molecule has 3 aromatic rings. The molecule has 29 heavy (non-hydrogen) atoms. The number of carbonyl (C=O) groups excluding carboxylic acids is 2. The average Bonchev–Trinajstić information content (AvgIpc) is 3.47. The van der Waals surface area contributed by atoms with Crippen molar-refractivity contribution < 1.29 is 9.59 Å². The highest BCUT2D eigenvalue weighted by molar-refractivity contribution is 8.03. The number of likely N-dealkylation sites (N-methyl/N-ethyl adjacent to an activating group) is 1. The van der Waals surface area contributed by atoms with Crippen LogP contribution in [0.3, 0.4) is 0 Å². The van der Waals surface area contributed by atoms with E-state index in [-0.39, 0.29) is 18.0 Å². The van der Waals surface area contributed by atoms with E-state index in [4.69, 9.17) is 0 Å². The van der Waals surface area contributed by atoms with Gasteiger partial charge in [-0.1, -0.05) is 48.2 Å². The van der Waals surface area contributed by atoms with Crippen molar-refractivity contribution in [3.05, 3.63) is 65.9 Å². The smallest absolute Gasteiger partial charge is 0.260 e. The van der Waals surface area contributed by atoms with E-state index < -0.39 is 15.7 Å². The summed E-state index contributed by atoms with van der Waals surface area (Å²) in [6, 6.07) is 16.5. The number of benzene rings is 2. The van der Waals surface area contributed by atoms with Crippen LogP contribution in [0.15, 0.2) is 54.7 Å². The molecule has 2 bridgehead atoms. The fraction of sp³-hybridized carbons (Fsp3) is 0.273. The van der Waals surface area contributed by atoms with Gasteiger partial charge < -0.3 is 15.2 Å². The summed E-state index contributed by atoms with van der Waals surface area (Å²) in [5, 5.41) is 4.35. The van der Waals surface area contributed by atoms with E-state index in [1.165, 1.54) is 11.8 Å². The molecule has 0 aliphatic carbocycles. The van der Waals surface area contributed by atoms with Gasteiger partial charge in [0.15, 0.2) is 10.2 Å². The Labute approximate surface area is 171 Å². The van der Waals surface area contributed by atoms with Crippen molar-refractivity contribution in [1.29, 1.82) is 0 Å². The lowest BCUT2D eigenvalue weighted by molar-refractivity contribution is -0.153. The first-order chi connectivity index (χ1) is 14.1. The fourth-order valence-electron chi connectivity index (χ4n) is 6.01. The van der Waals surface area contributed by atoms with Crippen molar-refractivity contribution in [2.24, 2.45) is 0 Å². The third-order valence-corrected chi connectivity index (χ3v) is 8.81. The minimum atomic E-state index is -0.833. The van der Waals surface area contributed by atoms with E-state index in [1.807, 2.05) is 29.2 Å². The van der Waals surface area contributed by atoms with Crippen LogP contribution in [0, 0.1) is 0 Å². The highest BCUT2D eigenvalue weighted by Crippen LogP contribution is 2.67. The van der Waals surface area contributed by atoms with E-state index in [9.17, 15) is 9.59 Å². The van der Waals surface area contributed by atoms with Crippen molar-refractivity contribution in [3.8, 4) is 0 Å². The van der Waals surface area contributed by atoms with Crippen LogP contribution in [0.5, 0.6) is 0 Å². The Morgan fingerprint density at radius 2 is 1.86 bits per heavy atom. The minimum absolute atomic E-state index is 0.0316. The van der Waals surface area contributed by atoms with Crippen molar-refractivity contribution >= 4 is 40.2 Å². The van der Waals surface area contributed by atoms with Gasteiger partial charge in [-0.2, -0.15) is 0 Å². The van der Waals surface area contributed by atoms with Gasteiger partial charge in [-0.05, 0) is 23.3 Å². The van der Waals surface area contributed by atoms with E-state index >= 15 is 0 Å². The largest absolute Gasteiger partial charge is 0.364 e. The number of aromatic nitrogens is 1. The van der Waals surface area contributed by atoms with Gasteiger partial charge in [0.05, 0.1) is 5.41 Å². The number of carbonyl (C=O) groups is 2. The number of para-hydroxylation sites is 2. The first kappa shape index (κ1) is 15.9. The van der Waals surface area contributed by atoms with E-state index in [0.717, 1.165) is 27.7 Å². The van der Waals surface area contributed by atoms with Gasteiger partial charge in [-0.3, -0.25) is 14.5 Å². The Bertz CT molecular complexity index is 1250. The standard InChI is InChI=1S/C22H18N4O2S/c1-25-18-17(27)26-19-21(11-22(26,29-18)20(25)28,13-7-3-5-9-16(13)24-19)14-10-23-15-8-4-2-6-12(14)15/h2-10,18-19,23-24H,11H2,1H3/t18-,19+,21+,22-/m0/s1. The number of rotatable bonds is 1. The molecule has 2 amide bonds. The van der Waals surface area contributed by atoms with Gasteiger partial charge >= 0.3 is 0 Å². The van der Waals surface area contributed by atoms with Crippen LogP contribution in [0.4, 0.5) is 5.69 Å². The number of nitrogens with one attached hydrogen (secondary N) is 2. The summed E-state index contributed by atoms with van der Waals surface area (Å²) in [5.41, 5.74) is 3.93. The topological polar surface area (TPSA) is 68.4 Å². The first-order valence-electron chi connectivity index (χ1n) is 9.79. The molecular weight excluding hydrogens is 384 g/mol. The molecule has 2 N–H and O–H groups in total. The van der Waals surface area contributed by atoms with Crippen LogP contribution >= 0.6 is 11.8 Å². The molecule has 4 aliphatic heterocycles. The molecule has 4 aliphatic rings. The maximum absolute atomic E-state index is 13.3. The summed E-state index contributed by atoms with van der Waals surface area (Å²) in [7, 11) is 1.75. The average molecular weight is 402 g/mol. The predicted octanol–water partition coefficient (Wildman–Crippen LogP) is 2.68. The summed E-state index contributed by atoms with van der Waals surface area (Å²) < 4.78 is 0. The molecule has 144 valence electrons.